The molecule has 2 heterocycles. The molecule has 1 aromatic heterocycles. The van der Waals surface area contributed by atoms with E-state index in [2.05, 4.69) is 9.59 Å². The molecule has 1 aliphatic heterocycles. The molecular weight excluding hydrogens is 266 g/mol. The van der Waals surface area contributed by atoms with Gasteiger partial charge < -0.3 is 10.0 Å². The maximum Gasteiger partial charge on any atom is 0.308 e. The van der Waals surface area contributed by atoms with E-state index in [4.69, 9.17) is 5.11 Å². The predicted molar refractivity (Wildman–Crippen MR) is 70.1 cm³/mol. The first kappa shape index (κ1) is 13.9. The molecule has 0 unspecified atom stereocenters. The summed E-state index contributed by atoms with van der Waals surface area (Å²) in [6.07, 6.45) is 1.63. The molecule has 0 radical (unpaired) electrons. The van der Waals surface area contributed by atoms with Gasteiger partial charge in [-0.25, -0.2) is 0 Å². The summed E-state index contributed by atoms with van der Waals surface area (Å²) in [5, 5.41) is 13.1. The van der Waals surface area contributed by atoms with Crippen molar-refractivity contribution in [2.24, 2.45) is 11.8 Å². The van der Waals surface area contributed by atoms with E-state index in [1.807, 2.05) is 13.8 Å². The summed E-state index contributed by atoms with van der Waals surface area (Å²) >= 11 is 1.10. The Morgan fingerprint density at radius 2 is 2.21 bits per heavy atom. The number of carbonyl (C=O) groups excluding carboxylic acids is 1. The van der Waals surface area contributed by atoms with Gasteiger partial charge in [0.2, 0.25) is 0 Å². The molecule has 1 saturated heterocycles. The highest BCUT2D eigenvalue weighted by molar-refractivity contribution is 7.08. The minimum Gasteiger partial charge on any atom is -0.481 e. The fourth-order valence-corrected chi connectivity index (χ4v) is 3.05. The highest BCUT2D eigenvalue weighted by Gasteiger charge is 2.38. The van der Waals surface area contributed by atoms with Gasteiger partial charge in [0.05, 0.1) is 11.6 Å². The van der Waals surface area contributed by atoms with E-state index in [0.29, 0.717) is 11.4 Å². The van der Waals surface area contributed by atoms with Crippen molar-refractivity contribution < 1.29 is 14.7 Å². The number of aromatic nitrogens is 2. The molecule has 0 spiro atoms. The lowest BCUT2D eigenvalue weighted by molar-refractivity contribution is -0.142. The van der Waals surface area contributed by atoms with E-state index < -0.39 is 11.9 Å². The number of aryl methyl sites for hydroxylation is 1. The average molecular weight is 283 g/mol. The molecule has 1 fully saturated rings. The molecule has 1 N–H and O–H groups in total. The van der Waals surface area contributed by atoms with Crippen LogP contribution in [0.3, 0.4) is 0 Å². The topological polar surface area (TPSA) is 83.4 Å². The lowest BCUT2D eigenvalue weighted by Gasteiger charge is -2.14. The average Bonchev–Trinajstić information content (AvgIpc) is 2.95. The number of carboxylic acids is 1. The fourth-order valence-electron chi connectivity index (χ4n) is 2.37. The van der Waals surface area contributed by atoms with Crippen LogP contribution in [0.5, 0.6) is 0 Å². The Balaban J connectivity index is 2.12. The normalized spacial score (nSPS) is 22.7. The van der Waals surface area contributed by atoms with Crippen LogP contribution in [-0.4, -0.2) is 44.6 Å². The maximum atomic E-state index is 12.4. The highest BCUT2D eigenvalue weighted by Crippen LogP contribution is 2.26. The Labute approximate surface area is 115 Å². The third-order valence-corrected chi connectivity index (χ3v) is 4.21. The largest absolute Gasteiger partial charge is 0.481 e. The first-order chi connectivity index (χ1) is 9.04. The van der Waals surface area contributed by atoms with Crippen molar-refractivity contribution in [1.82, 2.24) is 14.5 Å². The Bertz CT molecular complexity index is 488. The molecule has 2 atom stereocenters. The van der Waals surface area contributed by atoms with Crippen LogP contribution >= 0.6 is 11.5 Å². The van der Waals surface area contributed by atoms with E-state index in [1.165, 1.54) is 0 Å². The summed E-state index contributed by atoms with van der Waals surface area (Å²) < 4.78 is 3.83. The number of hydrogen-bond acceptors (Lipinski definition) is 5. The Hall–Kier alpha value is -1.50. The molecule has 19 heavy (non-hydrogen) atoms. The second-order valence-electron chi connectivity index (χ2n) is 4.93. The molecule has 0 aliphatic carbocycles. The second kappa shape index (κ2) is 5.64. The fraction of sp³-hybridized carbons (Fsp3) is 0.667. The van der Waals surface area contributed by atoms with E-state index in [-0.39, 0.29) is 18.4 Å². The van der Waals surface area contributed by atoms with Crippen molar-refractivity contribution >= 4 is 23.4 Å². The molecule has 1 aliphatic rings. The lowest BCUT2D eigenvalue weighted by atomic mass is 9.99. The van der Waals surface area contributed by atoms with Crippen molar-refractivity contribution in [1.29, 1.82) is 0 Å². The summed E-state index contributed by atoms with van der Waals surface area (Å²) in [5.41, 5.74) is 0.726. The van der Waals surface area contributed by atoms with Gasteiger partial charge in [-0.2, -0.15) is 0 Å². The van der Waals surface area contributed by atoms with Gasteiger partial charge in [0.15, 0.2) is 0 Å². The Kier molecular flexibility index (Phi) is 4.14. The minimum atomic E-state index is -0.834. The zero-order valence-corrected chi connectivity index (χ0v) is 11.8. The number of amides is 1. The van der Waals surface area contributed by atoms with Gasteiger partial charge in [0.1, 0.15) is 4.88 Å². The van der Waals surface area contributed by atoms with Crippen LogP contribution in [0, 0.1) is 11.8 Å². The van der Waals surface area contributed by atoms with Crippen molar-refractivity contribution in [2.75, 3.05) is 13.1 Å². The molecule has 1 aromatic rings. The van der Waals surface area contributed by atoms with E-state index in [9.17, 15) is 9.59 Å². The molecule has 7 heteroatoms. The third kappa shape index (κ3) is 2.75. The molecular formula is C12H17N3O3S. The van der Waals surface area contributed by atoms with Gasteiger partial charge >= 0.3 is 5.97 Å². The summed E-state index contributed by atoms with van der Waals surface area (Å²) in [5.74, 6) is -1.45. The molecule has 1 amide bonds. The SMILES string of the molecule is CCCc1nnsc1C(=O)N1C[C@@H](C)[C@H](C(=O)O)C1. The van der Waals surface area contributed by atoms with Crippen LogP contribution in [0.1, 0.15) is 35.6 Å². The summed E-state index contributed by atoms with van der Waals surface area (Å²) in [6.45, 7) is 4.65. The van der Waals surface area contributed by atoms with Crippen molar-refractivity contribution in [3.8, 4) is 0 Å². The van der Waals surface area contributed by atoms with Crippen molar-refractivity contribution in [3.05, 3.63) is 10.6 Å². The van der Waals surface area contributed by atoms with Crippen LogP contribution < -0.4 is 0 Å². The standard InChI is InChI=1S/C12H17N3O3S/c1-3-4-9-10(19-14-13-9)11(16)15-5-7(2)8(6-15)12(17)18/h7-8H,3-6H2,1-2H3,(H,17,18)/t7-,8-/m1/s1. The number of hydrogen-bond donors (Lipinski definition) is 1. The Morgan fingerprint density at radius 1 is 1.47 bits per heavy atom. The molecule has 0 bridgehead atoms. The number of carboxylic acid groups (broad SMARTS) is 1. The monoisotopic (exact) mass is 283 g/mol. The van der Waals surface area contributed by atoms with E-state index in [0.717, 1.165) is 30.1 Å². The smallest absolute Gasteiger partial charge is 0.308 e. The second-order valence-corrected chi connectivity index (χ2v) is 5.69. The summed E-state index contributed by atoms with van der Waals surface area (Å²) in [6, 6.07) is 0. The van der Waals surface area contributed by atoms with Gasteiger partial charge in [-0.3, -0.25) is 9.59 Å². The van der Waals surface area contributed by atoms with E-state index >= 15 is 0 Å². The number of likely N-dealkylation sites (tertiary alicyclic amines) is 1. The highest BCUT2D eigenvalue weighted by atomic mass is 32.1. The van der Waals surface area contributed by atoms with Crippen LogP contribution in [0.4, 0.5) is 0 Å². The Morgan fingerprint density at radius 3 is 2.79 bits per heavy atom. The van der Waals surface area contributed by atoms with Gasteiger partial charge in [0, 0.05) is 13.1 Å². The van der Waals surface area contributed by atoms with Gasteiger partial charge in [-0.1, -0.05) is 24.8 Å². The van der Waals surface area contributed by atoms with Gasteiger partial charge in [-0.05, 0) is 23.9 Å². The molecule has 0 aromatic carbocycles. The maximum absolute atomic E-state index is 12.4. The summed E-state index contributed by atoms with van der Waals surface area (Å²) in [4.78, 5) is 25.6. The molecule has 104 valence electrons. The molecule has 2 rings (SSSR count). The van der Waals surface area contributed by atoms with Crippen molar-refractivity contribution in [2.45, 2.75) is 26.7 Å². The zero-order valence-electron chi connectivity index (χ0n) is 11.0. The number of aliphatic carboxylic acids is 1. The van der Waals surface area contributed by atoms with Gasteiger partial charge in [-0.15, -0.1) is 5.10 Å². The third-order valence-electron chi connectivity index (χ3n) is 3.45. The lowest BCUT2D eigenvalue weighted by Crippen LogP contribution is -2.30. The van der Waals surface area contributed by atoms with Gasteiger partial charge in [0.25, 0.3) is 5.91 Å². The summed E-state index contributed by atoms with van der Waals surface area (Å²) in [7, 11) is 0. The van der Waals surface area contributed by atoms with Crippen LogP contribution in [-0.2, 0) is 11.2 Å². The van der Waals surface area contributed by atoms with Crippen molar-refractivity contribution in [3.63, 3.8) is 0 Å². The predicted octanol–water partition coefficient (Wildman–Crippen LogP) is 1.28. The van der Waals surface area contributed by atoms with E-state index in [1.54, 1.807) is 4.90 Å². The number of carbonyl (C=O) groups is 2. The molecule has 0 saturated carbocycles. The van der Waals surface area contributed by atoms with Crippen LogP contribution in [0.15, 0.2) is 0 Å². The quantitative estimate of drug-likeness (QED) is 0.900. The number of nitrogens with zero attached hydrogens (tertiary/aromatic N) is 3. The minimum absolute atomic E-state index is 0.0167. The molecule has 6 nitrogen and oxygen atoms in total. The zero-order chi connectivity index (χ0) is 14.0. The number of rotatable bonds is 4. The first-order valence-electron chi connectivity index (χ1n) is 6.37. The first-order valence-corrected chi connectivity index (χ1v) is 7.15. The van der Waals surface area contributed by atoms with Crippen LogP contribution in [0.25, 0.3) is 0 Å². The van der Waals surface area contributed by atoms with Crippen LogP contribution in [0.2, 0.25) is 0 Å².